The first kappa shape index (κ1) is 26.0. The van der Waals surface area contributed by atoms with Gasteiger partial charge in [0.25, 0.3) is 0 Å². The van der Waals surface area contributed by atoms with E-state index in [0.717, 1.165) is 42.5 Å². The summed E-state index contributed by atoms with van der Waals surface area (Å²) >= 11 is 1.71. The van der Waals surface area contributed by atoms with Gasteiger partial charge in [-0.3, -0.25) is 14.4 Å². The van der Waals surface area contributed by atoms with Crippen LogP contribution in [0.4, 0.5) is 5.69 Å². The van der Waals surface area contributed by atoms with Gasteiger partial charge in [-0.1, -0.05) is 32.0 Å². The molecule has 3 heterocycles. The highest BCUT2D eigenvalue weighted by Gasteiger charge is 2.75. The van der Waals surface area contributed by atoms with E-state index in [1.165, 1.54) is 0 Å². The maximum atomic E-state index is 14.0. The maximum absolute atomic E-state index is 14.0. The van der Waals surface area contributed by atoms with Crippen LogP contribution in [0, 0.1) is 31.6 Å². The Labute approximate surface area is 212 Å². The van der Waals surface area contributed by atoms with Gasteiger partial charge in [0.1, 0.15) is 6.04 Å². The molecular formula is C27H39N3O4S. The Morgan fingerprint density at radius 2 is 1.89 bits per heavy atom. The summed E-state index contributed by atoms with van der Waals surface area (Å²) in [6.45, 7) is 9.28. The number of aryl methyl sites for hydroxylation is 2. The molecule has 3 fully saturated rings. The van der Waals surface area contributed by atoms with E-state index in [-0.39, 0.29) is 35.5 Å². The van der Waals surface area contributed by atoms with Crippen molar-refractivity contribution in [3.63, 3.8) is 0 Å². The summed E-state index contributed by atoms with van der Waals surface area (Å²) in [6, 6.07) is 5.30. The molecule has 8 heteroatoms. The first-order chi connectivity index (χ1) is 16.8. The van der Waals surface area contributed by atoms with Crippen molar-refractivity contribution in [1.29, 1.82) is 0 Å². The number of carbonyl (C=O) groups is 3. The zero-order chi connectivity index (χ0) is 25.3. The Balaban J connectivity index is 1.69. The summed E-state index contributed by atoms with van der Waals surface area (Å²) in [5.41, 5.74) is 2.77. The van der Waals surface area contributed by atoms with Gasteiger partial charge in [0.15, 0.2) is 0 Å². The molecule has 3 aliphatic rings. The number of likely N-dealkylation sites (tertiary alicyclic amines) is 1. The van der Waals surface area contributed by atoms with Crippen molar-refractivity contribution < 1.29 is 19.5 Å². The number of nitrogens with zero attached hydrogens (tertiary/aromatic N) is 1. The van der Waals surface area contributed by atoms with Crippen molar-refractivity contribution in [3.8, 4) is 0 Å². The number of hydrogen-bond donors (Lipinski definition) is 3. The number of unbranched alkanes of at least 4 members (excludes halogenated alkanes) is 2. The van der Waals surface area contributed by atoms with E-state index in [4.69, 9.17) is 0 Å². The molecule has 3 aliphatic heterocycles. The monoisotopic (exact) mass is 501 g/mol. The minimum atomic E-state index is -0.623. The quantitative estimate of drug-likeness (QED) is 0.428. The van der Waals surface area contributed by atoms with Gasteiger partial charge in [-0.2, -0.15) is 0 Å². The molecule has 1 spiro atoms. The van der Waals surface area contributed by atoms with Crippen LogP contribution in [0.25, 0.3) is 0 Å². The molecule has 3 N–H and O–H groups in total. The van der Waals surface area contributed by atoms with Crippen molar-refractivity contribution in [3.05, 3.63) is 29.3 Å². The molecule has 3 saturated heterocycles. The van der Waals surface area contributed by atoms with Gasteiger partial charge < -0.3 is 20.6 Å². The molecule has 192 valence electrons. The van der Waals surface area contributed by atoms with Gasteiger partial charge in [-0.25, -0.2) is 0 Å². The molecule has 2 bridgehead atoms. The summed E-state index contributed by atoms with van der Waals surface area (Å²) < 4.78 is -0.604. The summed E-state index contributed by atoms with van der Waals surface area (Å²) in [6.07, 6.45) is 3.86. The molecule has 6 atom stereocenters. The van der Waals surface area contributed by atoms with Gasteiger partial charge in [0.2, 0.25) is 17.7 Å². The van der Waals surface area contributed by atoms with E-state index in [9.17, 15) is 19.5 Å². The molecule has 3 unspecified atom stereocenters. The maximum Gasteiger partial charge on any atom is 0.248 e. The average Bonchev–Trinajstić information content (AvgIpc) is 3.41. The molecule has 3 amide bonds. The molecule has 4 rings (SSSR count). The number of carbonyl (C=O) groups excluding carboxylic acids is 3. The second-order valence-corrected chi connectivity index (χ2v) is 12.0. The number of benzene rings is 1. The van der Waals surface area contributed by atoms with Crippen molar-refractivity contribution in [2.24, 2.45) is 17.8 Å². The minimum absolute atomic E-state index is 0.0486. The van der Waals surface area contributed by atoms with Crippen LogP contribution in [-0.2, 0) is 14.4 Å². The number of nitrogens with one attached hydrogen (secondary N) is 2. The lowest BCUT2D eigenvalue weighted by Crippen LogP contribution is -2.55. The normalized spacial score (nSPS) is 31.1. The fourth-order valence-corrected chi connectivity index (χ4v) is 8.92. The molecule has 0 aliphatic carbocycles. The zero-order valence-corrected chi connectivity index (χ0v) is 22.1. The molecule has 0 saturated carbocycles. The van der Waals surface area contributed by atoms with Crippen LogP contribution in [0.3, 0.4) is 0 Å². The topological polar surface area (TPSA) is 98.7 Å². The smallest absolute Gasteiger partial charge is 0.248 e. The standard InChI is InChI=1S/C27H39N3O4S/c1-5-12-28-24(32)20-19-15-18(4)27(35-19)21(20)26(34)30(13-7-6-8-14-31)23(27)25(33)29-22-16(2)10-9-11-17(22)3/h9-11,18-21,23,31H,5-8,12-15H2,1-4H3,(H,28,32)(H,29,33)/t18?,19-,20+,21+,23?,27?/m1/s1. The number of aliphatic hydroxyl groups excluding tert-OH is 1. The number of amides is 3. The summed E-state index contributed by atoms with van der Waals surface area (Å²) in [5, 5.41) is 15.5. The number of para-hydroxylation sites is 1. The lowest BCUT2D eigenvalue weighted by molar-refractivity contribution is -0.139. The lowest BCUT2D eigenvalue weighted by atomic mass is 9.66. The highest BCUT2D eigenvalue weighted by molar-refractivity contribution is 8.02. The van der Waals surface area contributed by atoms with Crippen molar-refractivity contribution in [2.75, 3.05) is 25.0 Å². The molecule has 1 aromatic carbocycles. The highest BCUT2D eigenvalue weighted by atomic mass is 32.2. The lowest BCUT2D eigenvalue weighted by Gasteiger charge is -2.38. The molecule has 1 aromatic rings. The van der Waals surface area contributed by atoms with Gasteiger partial charge in [-0.15, -0.1) is 11.8 Å². The Morgan fingerprint density at radius 3 is 2.54 bits per heavy atom. The van der Waals surface area contributed by atoms with Crippen LogP contribution in [0.1, 0.15) is 57.1 Å². The average molecular weight is 502 g/mol. The number of fused-ring (bicyclic) bond motifs is 1. The predicted octanol–water partition coefficient (Wildman–Crippen LogP) is 3.27. The summed E-state index contributed by atoms with van der Waals surface area (Å²) in [4.78, 5) is 43.0. The third kappa shape index (κ3) is 4.37. The van der Waals surface area contributed by atoms with Gasteiger partial charge in [0, 0.05) is 30.6 Å². The van der Waals surface area contributed by atoms with Crippen LogP contribution < -0.4 is 10.6 Å². The number of aliphatic hydroxyl groups is 1. The number of anilines is 1. The second kappa shape index (κ2) is 10.5. The third-order valence-corrected chi connectivity index (χ3v) is 10.2. The fourth-order valence-electron chi connectivity index (χ4n) is 6.50. The fraction of sp³-hybridized carbons (Fsp3) is 0.667. The predicted molar refractivity (Wildman–Crippen MR) is 139 cm³/mol. The Bertz CT molecular complexity index is 965. The van der Waals surface area contributed by atoms with E-state index in [2.05, 4.69) is 17.6 Å². The van der Waals surface area contributed by atoms with E-state index >= 15 is 0 Å². The largest absolute Gasteiger partial charge is 0.396 e. The van der Waals surface area contributed by atoms with E-state index in [0.29, 0.717) is 19.5 Å². The minimum Gasteiger partial charge on any atom is -0.396 e. The molecular weight excluding hydrogens is 462 g/mol. The first-order valence-electron chi connectivity index (χ1n) is 13.0. The van der Waals surface area contributed by atoms with Crippen LogP contribution in [0.5, 0.6) is 0 Å². The Hall–Kier alpha value is -2.06. The molecule has 0 radical (unpaired) electrons. The van der Waals surface area contributed by atoms with E-state index in [1.54, 1.807) is 16.7 Å². The second-order valence-electron chi connectivity index (χ2n) is 10.4. The van der Waals surface area contributed by atoms with Gasteiger partial charge >= 0.3 is 0 Å². The molecule has 35 heavy (non-hydrogen) atoms. The zero-order valence-electron chi connectivity index (χ0n) is 21.3. The van der Waals surface area contributed by atoms with E-state index in [1.807, 2.05) is 39.0 Å². The Kier molecular flexibility index (Phi) is 7.81. The number of thioether (sulfide) groups is 1. The van der Waals surface area contributed by atoms with Gasteiger partial charge in [0.05, 0.1) is 16.6 Å². The summed E-state index contributed by atoms with van der Waals surface area (Å²) in [7, 11) is 0. The van der Waals surface area contributed by atoms with Gasteiger partial charge in [-0.05, 0) is 63.0 Å². The summed E-state index contributed by atoms with van der Waals surface area (Å²) in [5.74, 6) is -0.993. The number of hydrogen-bond acceptors (Lipinski definition) is 5. The SMILES string of the molecule is CCCNC(=O)[C@@H]1[C@H]2C(=O)N(CCCCCO)C(C(=O)Nc3c(C)cccc3C)C23S[C@@H]1CC3C. The van der Waals surface area contributed by atoms with Crippen molar-refractivity contribution in [1.82, 2.24) is 10.2 Å². The van der Waals surface area contributed by atoms with Crippen LogP contribution in [0.2, 0.25) is 0 Å². The van der Waals surface area contributed by atoms with Crippen molar-refractivity contribution in [2.45, 2.75) is 75.8 Å². The Morgan fingerprint density at radius 1 is 1.17 bits per heavy atom. The van der Waals surface area contributed by atoms with E-state index < -0.39 is 22.6 Å². The first-order valence-corrected chi connectivity index (χ1v) is 13.9. The molecule has 7 nitrogen and oxygen atoms in total. The van der Waals surface area contributed by atoms with Crippen molar-refractivity contribution >= 4 is 35.2 Å². The molecule has 0 aromatic heterocycles. The van der Waals surface area contributed by atoms with Crippen LogP contribution in [0.15, 0.2) is 18.2 Å². The third-order valence-electron chi connectivity index (χ3n) is 8.13. The number of rotatable bonds is 10. The van der Waals surface area contributed by atoms with Crippen LogP contribution in [-0.4, -0.2) is 63.5 Å². The highest BCUT2D eigenvalue weighted by Crippen LogP contribution is 2.68. The van der Waals surface area contributed by atoms with Crippen LogP contribution >= 0.6 is 11.8 Å².